The number of ether oxygens (including phenoxy) is 1. The Kier molecular flexibility index (Phi) is 4.15. The lowest BCUT2D eigenvalue weighted by Crippen LogP contribution is -2.44. The van der Waals surface area contributed by atoms with Gasteiger partial charge in [0.05, 0.1) is 35.6 Å². The van der Waals surface area contributed by atoms with Gasteiger partial charge in [-0.15, -0.1) is 0 Å². The number of nitrogens with two attached hydrogens (primary N) is 1. The van der Waals surface area contributed by atoms with Gasteiger partial charge in [-0.05, 0) is 36.5 Å². The zero-order valence-corrected chi connectivity index (χ0v) is 17.9. The van der Waals surface area contributed by atoms with Crippen LogP contribution in [0.1, 0.15) is 59.2 Å². The van der Waals surface area contributed by atoms with Crippen LogP contribution in [0.3, 0.4) is 0 Å². The Hall–Kier alpha value is -3.14. The Bertz CT molecular complexity index is 1460. The molecule has 1 aliphatic carbocycles. The molecule has 0 amide bonds. The highest BCUT2D eigenvalue weighted by Crippen LogP contribution is 2.45. The van der Waals surface area contributed by atoms with Gasteiger partial charge in [0.25, 0.3) is 5.56 Å². The molecule has 2 atom stereocenters. The van der Waals surface area contributed by atoms with Gasteiger partial charge in [0.1, 0.15) is 12.4 Å². The molecular weight excluding hydrogens is 429 g/mol. The van der Waals surface area contributed by atoms with Crippen molar-refractivity contribution < 1.29 is 24.1 Å². The summed E-state index contributed by atoms with van der Waals surface area (Å²) >= 11 is 0. The highest BCUT2D eigenvalue weighted by Gasteiger charge is 2.45. The molecule has 0 saturated heterocycles. The number of aryl methyl sites for hydroxylation is 1. The summed E-state index contributed by atoms with van der Waals surface area (Å²) < 4.78 is 21.4. The molecule has 1 aromatic carbocycles. The fourth-order valence-corrected chi connectivity index (χ4v) is 5.67. The first-order chi connectivity index (χ1) is 15.8. The van der Waals surface area contributed by atoms with Gasteiger partial charge in [0.15, 0.2) is 5.60 Å². The maximum atomic E-state index is 14.8. The van der Waals surface area contributed by atoms with Gasteiger partial charge in [-0.3, -0.25) is 4.79 Å². The van der Waals surface area contributed by atoms with Crippen molar-refractivity contribution in [2.75, 3.05) is 0 Å². The van der Waals surface area contributed by atoms with Crippen molar-refractivity contribution in [3.8, 4) is 11.4 Å². The van der Waals surface area contributed by atoms with E-state index in [1.54, 1.807) is 17.6 Å². The fourth-order valence-electron chi connectivity index (χ4n) is 5.67. The van der Waals surface area contributed by atoms with Crippen LogP contribution in [0, 0.1) is 5.82 Å². The van der Waals surface area contributed by atoms with Crippen LogP contribution < -0.4 is 11.3 Å². The smallest absolute Gasteiger partial charge is 0.343 e. The number of carbonyl (C=O) groups excluding carboxylic acids is 1. The monoisotopic (exact) mass is 451 g/mol. The summed E-state index contributed by atoms with van der Waals surface area (Å²) in [5.74, 6) is -1.32. The predicted octanol–water partition coefficient (Wildman–Crippen LogP) is 1.66. The zero-order valence-electron chi connectivity index (χ0n) is 17.9. The molecule has 0 spiro atoms. The molecule has 2 aromatic heterocycles. The average molecular weight is 451 g/mol. The van der Waals surface area contributed by atoms with Gasteiger partial charge in [0, 0.05) is 34.2 Å². The van der Waals surface area contributed by atoms with Crippen molar-refractivity contribution in [3.63, 3.8) is 0 Å². The number of fused-ring (bicyclic) bond motifs is 5. The predicted molar refractivity (Wildman–Crippen MR) is 116 cm³/mol. The van der Waals surface area contributed by atoms with Crippen LogP contribution in [0.2, 0.25) is 0 Å². The summed E-state index contributed by atoms with van der Waals surface area (Å²) in [7, 11) is 0. The van der Waals surface area contributed by atoms with Crippen molar-refractivity contribution in [1.29, 1.82) is 0 Å². The molecule has 0 bridgehead atoms. The van der Waals surface area contributed by atoms with E-state index in [0.717, 1.165) is 16.5 Å². The van der Waals surface area contributed by atoms with Gasteiger partial charge in [-0.2, -0.15) is 0 Å². The number of hydrogen-bond acceptors (Lipinski definition) is 7. The number of rotatable bonds is 2. The number of pyridine rings is 2. The first-order valence-corrected chi connectivity index (χ1v) is 11.0. The summed E-state index contributed by atoms with van der Waals surface area (Å²) in [6.07, 6.45) is 1.16. The van der Waals surface area contributed by atoms with Crippen LogP contribution in [0.25, 0.3) is 22.3 Å². The number of nitrogens with zero attached hydrogens (tertiary/aromatic N) is 2. The molecule has 2 aliphatic heterocycles. The topological polar surface area (TPSA) is 128 Å². The van der Waals surface area contributed by atoms with E-state index in [-0.39, 0.29) is 47.9 Å². The second kappa shape index (κ2) is 6.69. The fraction of sp³-hybridized carbons (Fsp3) is 0.375. The highest BCUT2D eigenvalue weighted by atomic mass is 19.1. The minimum absolute atomic E-state index is 0.0500. The van der Waals surface area contributed by atoms with Crippen LogP contribution in [-0.4, -0.2) is 25.7 Å². The molecule has 0 fully saturated rings. The molecular formula is C24H22FN3O5. The summed E-state index contributed by atoms with van der Waals surface area (Å²) in [4.78, 5) is 30.5. The van der Waals surface area contributed by atoms with Crippen LogP contribution in [0.5, 0.6) is 0 Å². The normalized spacial score (nSPS) is 22.7. The molecule has 8 nitrogen and oxygen atoms in total. The number of carbonyl (C=O) groups is 1. The maximum Gasteiger partial charge on any atom is 0.343 e. The number of cyclic esters (lactones) is 1. The average Bonchev–Trinajstić information content (AvgIpc) is 3.17. The lowest BCUT2D eigenvalue weighted by molar-refractivity contribution is -0.172. The number of aliphatic hydroxyl groups excluding tert-OH is 1. The molecule has 4 N–H and O–H groups in total. The first kappa shape index (κ1) is 20.5. The molecule has 3 aliphatic rings. The summed E-state index contributed by atoms with van der Waals surface area (Å²) in [5, 5.41) is 21.5. The number of halogens is 1. The number of benzene rings is 1. The van der Waals surface area contributed by atoms with Crippen molar-refractivity contribution in [2.45, 2.75) is 57.6 Å². The van der Waals surface area contributed by atoms with Gasteiger partial charge in [-0.1, -0.05) is 6.92 Å². The molecule has 0 unspecified atom stereocenters. The molecule has 170 valence electrons. The van der Waals surface area contributed by atoms with Gasteiger partial charge < -0.3 is 25.3 Å². The van der Waals surface area contributed by atoms with E-state index >= 15 is 0 Å². The Labute approximate surface area is 187 Å². The minimum atomic E-state index is -1.91. The zero-order chi connectivity index (χ0) is 23.2. The summed E-state index contributed by atoms with van der Waals surface area (Å²) in [6.45, 7) is 1.25. The number of aromatic nitrogens is 2. The second-order valence-corrected chi connectivity index (χ2v) is 8.97. The SMILES string of the molecule is CC[C@@]1(O)C(=O)OCc2c1cc1n(c2=O)Cc2c-1nc1cc(F)c(CO)c3c1c2[C@@H](N)CC3. The molecule has 3 aromatic rings. The largest absolute Gasteiger partial charge is 0.458 e. The summed E-state index contributed by atoms with van der Waals surface area (Å²) in [6, 6.07) is 2.60. The molecule has 4 heterocycles. The number of esters is 1. The third kappa shape index (κ3) is 2.47. The molecule has 0 radical (unpaired) electrons. The number of aliphatic hydroxyl groups is 2. The quantitative estimate of drug-likeness (QED) is 0.396. The third-order valence-corrected chi connectivity index (χ3v) is 7.42. The highest BCUT2D eigenvalue weighted by molar-refractivity contribution is 5.93. The van der Waals surface area contributed by atoms with Crippen molar-refractivity contribution >= 4 is 16.9 Å². The molecule has 0 saturated carbocycles. The lowest BCUT2D eigenvalue weighted by Gasteiger charge is -2.31. The minimum Gasteiger partial charge on any atom is -0.458 e. The van der Waals surface area contributed by atoms with Crippen molar-refractivity contribution in [1.82, 2.24) is 9.55 Å². The van der Waals surface area contributed by atoms with E-state index in [4.69, 9.17) is 15.5 Å². The van der Waals surface area contributed by atoms with E-state index in [0.29, 0.717) is 35.3 Å². The standard InChI is InChI=1S/C24H22FN3O5/c1-2-24(32)14-5-18-21-11(7-28(18)22(30)13(14)9-33-23(24)31)19-16(26)4-3-10-12(8-29)15(25)6-17(27-21)20(10)19/h5-6,16,29,32H,2-4,7-9,26H2,1H3/t16-,24-/m0/s1. The second-order valence-electron chi connectivity index (χ2n) is 8.97. The van der Waals surface area contributed by atoms with Crippen LogP contribution in [0.15, 0.2) is 16.9 Å². The Morgan fingerprint density at radius 2 is 2.09 bits per heavy atom. The van der Waals surface area contributed by atoms with Gasteiger partial charge >= 0.3 is 5.97 Å². The van der Waals surface area contributed by atoms with E-state index in [1.165, 1.54) is 6.07 Å². The number of hydrogen-bond donors (Lipinski definition) is 3. The lowest BCUT2D eigenvalue weighted by atomic mass is 9.82. The Balaban J connectivity index is 1.69. The molecule has 6 rings (SSSR count). The van der Waals surface area contributed by atoms with Crippen molar-refractivity contribution in [3.05, 3.63) is 61.7 Å². The van der Waals surface area contributed by atoms with E-state index in [1.807, 2.05) is 0 Å². The van der Waals surface area contributed by atoms with Gasteiger partial charge in [-0.25, -0.2) is 14.2 Å². The molecule has 9 heteroatoms. The van der Waals surface area contributed by atoms with E-state index in [2.05, 4.69) is 0 Å². The Morgan fingerprint density at radius 3 is 2.82 bits per heavy atom. The molecule has 33 heavy (non-hydrogen) atoms. The van der Waals surface area contributed by atoms with Crippen LogP contribution in [-0.2, 0) is 41.3 Å². The third-order valence-electron chi connectivity index (χ3n) is 7.42. The van der Waals surface area contributed by atoms with Crippen molar-refractivity contribution in [2.24, 2.45) is 5.73 Å². The maximum absolute atomic E-state index is 14.8. The van der Waals surface area contributed by atoms with Crippen LogP contribution in [0.4, 0.5) is 4.39 Å². The van der Waals surface area contributed by atoms with E-state index < -0.39 is 24.0 Å². The van der Waals surface area contributed by atoms with E-state index in [9.17, 15) is 24.2 Å². The Morgan fingerprint density at radius 1 is 1.30 bits per heavy atom. The first-order valence-electron chi connectivity index (χ1n) is 11.0. The summed E-state index contributed by atoms with van der Waals surface area (Å²) in [5.41, 5.74) is 8.62. The van der Waals surface area contributed by atoms with Crippen LogP contribution >= 0.6 is 0 Å². The van der Waals surface area contributed by atoms with Gasteiger partial charge in [0.2, 0.25) is 0 Å².